The number of fused-ring (bicyclic) bond motifs is 1. The van der Waals surface area contributed by atoms with Gasteiger partial charge in [-0.25, -0.2) is 0 Å². The maximum absolute atomic E-state index is 12.1. The van der Waals surface area contributed by atoms with Crippen molar-refractivity contribution < 1.29 is 19.0 Å². The number of methoxy groups -OCH3 is 1. The SMILES string of the molecule is COCc1cccc(NC(=O)CCc2ccc3c(c2)OCO3)c1. The van der Waals surface area contributed by atoms with Gasteiger partial charge in [-0.2, -0.15) is 0 Å². The quantitative estimate of drug-likeness (QED) is 0.890. The third-order valence-electron chi connectivity index (χ3n) is 3.60. The number of carbonyl (C=O) groups excluding carboxylic acids is 1. The topological polar surface area (TPSA) is 56.8 Å². The van der Waals surface area contributed by atoms with E-state index in [1.807, 2.05) is 42.5 Å². The molecule has 1 aliphatic heterocycles. The van der Waals surface area contributed by atoms with Crippen molar-refractivity contribution >= 4 is 11.6 Å². The minimum absolute atomic E-state index is 0.0165. The van der Waals surface area contributed by atoms with Crippen molar-refractivity contribution in [2.45, 2.75) is 19.4 Å². The molecule has 1 heterocycles. The molecule has 2 aromatic carbocycles. The van der Waals surface area contributed by atoms with Crippen molar-refractivity contribution in [1.29, 1.82) is 0 Å². The highest BCUT2D eigenvalue weighted by Crippen LogP contribution is 2.32. The van der Waals surface area contributed by atoms with E-state index in [-0.39, 0.29) is 12.7 Å². The Balaban J connectivity index is 1.54. The standard InChI is InChI=1S/C18H19NO4/c1-21-11-14-3-2-4-15(9-14)19-18(20)8-6-13-5-7-16-17(10-13)23-12-22-16/h2-5,7,9-10H,6,8,11-12H2,1H3,(H,19,20). The van der Waals surface area contributed by atoms with Crippen molar-refractivity contribution in [3.8, 4) is 11.5 Å². The fraction of sp³-hybridized carbons (Fsp3) is 0.278. The fourth-order valence-corrected chi connectivity index (χ4v) is 2.48. The molecule has 0 fully saturated rings. The molecule has 1 amide bonds. The van der Waals surface area contributed by atoms with Gasteiger partial charge in [0.15, 0.2) is 11.5 Å². The van der Waals surface area contributed by atoms with E-state index in [4.69, 9.17) is 14.2 Å². The number of amides is 1. The summed E-state index contributed by atoms with van der Waals surface area (Å²) in [6.07, 6.45) is 1.06. The summed E-state index contributed by atoms with van der Waals surface area (Å²) < 4.78 is 15.7. The number of carbonyl (C=O) groups is 1. The predicted octanol–water partition coefficient (Wildman–Crippen LogP) is 3.13. The second kappa shape index (κ2) is 7.15. The number of benzene rings is 2. The summed E-state index contributed by atoms with van der Waals surface area (Å²) in [7, 11) is 1.65. The Kier molecular flexibility index (Phi) is 4.78. The van der Waals surface area contributed by atoms with Crippen molar-refractivity contribution in [3.63, 3.8) is 0 Å². The van der Waals surface area contributed by atoms with Gasteiger partial charge < -0.3 is 19.5 Å². The number of rotatable bonds is 6. The van der Waals surface area contributed by atoms with Crippen LogP contribution >= 0.6 is 0 Å². The van der Waals surface area contributed by atoms with Crippen LogP contribution in [0, 0.1) is 0 Å². The van der Waals surface area contributed by atoms with E-state index in [1.54, 1.807) is 7.11 Å². The molecule has 2 aromatic rings. The van der Waals surface area contributed by atoms with E-state index >= 15 is 0 Å². The van der Waals surface area contributed by atoms with Crippen molar-refractivity contribution in [2.24, 2.45) is 0 Å². The van der Waals surface area contributed by atoms with Crippen LogP contribution in [0.25, 0.3) is 0 Å². The normalized spacial score (nSPS) is 12.2. The molecule has 0 saturated heterocycles. The van der Waals surface area contributed by atoms with Gasteiger partial charge in [-0.05, 0) is 41.8 Å². The van der Waals surface area contributed by atoms with Crippen LogP contribution in [0.2, 0.25) is 0 Å². The molecule has 0 radical (unpaired) electrons. The van der Waals surface area contributed by atoms with Gasteiger partial charge in [0.05, 0.1) is 6.61 Å². The van der Waals surface area contributed by atoms with E-state index in [1.165, 1.54) is 0 Å². The van der Waals surface area contributed by atoms with Crippen LogP contribution in [-0.4, -0.2) is 19.8 Å². The molecule has 0 aromatic heterocycles. The van der Waals surface area contributed by atoms with Crippen molar-refractivity contribution in [3.05, 3.63) is 53.6 Å². The van der Waals surface area contributed by atoms with Gasteiger partial charge in [0, 0.05) is 19.2 Å². The first kappa shape index (κ1) is 15.4. The van der Waals surface area contributed by atoms with Crippen LogP contribution in [0.1, 0.15) is 17.5 Å². The zero-order valence-corrected chi connectivity index (χ0v) is 13.0. The summed E-state index contributed by atoms with van der Waals surface area (Å²) in [6, 6.07) is 13.4. The highest BCUT2D eigenvalue weighted by molar-refractivity contribution is 5.90. The Morgan fingerprint density at radius 3 is 2.87 bits per heavy atom. The lowest BCUT2D eigenvalue weighted by atomic mass is 10.1. The second-order valence-electron chi connectivity index (χ2n) is 5.37. The lowest BCUT2D eigenvalue weighted by molar-refractivity contribution is -0.116. The smallest absolute Gasteiger partial charge is 0.231 e. The van der Waals surface area contributed by atoms with Crippen molar-refractivity contribution in [2.75, 3.05) is 19.2 Å². The summed E-state index contributed by atoms with van der Waals surface area (Å²) in [5.74, 6) is 1.49. The first-order valence-electron chi connectivity index (χ1n) is 7.51. The highest BCUT2D eigenvalue weighted by atomic mass is 16.7. The molecule has 0 saturated carbocycles. The van der Waals surface area contributed by atoms with Crippen molar-refractivity contribution in [1.82, 2.24) is 0 Å². The summed E-state index contributed by atoms with van der Waals surface area (Å²) in [4.78, 5) is 12.1. The minimum atomic E-state index is -0.0165. The third kappa shape index (κ3) is 4.02. The zero-order valence-electron chi connectivity index (χ0n) is 13.0. The van der Waals surface area contributed by atoms with Crippen LogP contribution in [0.3, 0.4) is 0 Å². The Morgan fingerprint density at radius 1 is 1.13 bits per heavy atom. The molecule has 1 N–H and O–H groups in total. The number of anilines is 1. The molecule has 120 valence electrons. The molecule has 0 atom stereocenters. The van der Waals surface area contributed by atoms with E-state index < -0.39 is 0 Å². The summed E-state index contributed by atoms with van der Waals surface area (Å²) in [6.45, 7) is 0.790. The molecule has 0 spiro atoms. The molecular weight excluding hydrogens is 294 g/mol. The highest BCUT2D eigenvalue weighted by Gasteiger charge is 2.13. The number of hydrogen-bond donors (Lipinski definition) is 1. The summed E-state index contributed by atoms with van der Waals surface area (Å²) in [5, 5.41) is 2.91. The van der Waals surface area contributed by atoms with Gasteiger partial charge in [0.1, 0.15) is 0 Å². The number of aryl methyl sites for hydroxylation is 1. The Labute approximate surface area is 135 Å². The van der Waals surface area contributed by atoms with Gasteiger partial charge in [-0.3, -0.25) is 4.79 Å². The van der Waals surface area contributed by atoms with Gasteiger partial charge in [0.2, 0.25) is 12.7 Å². The number of hydrogen-bond acceptors (Lipinski definition) is 4. The number of ether oxygens (including phenoxy) is 3. The predicted molar refractivity (Wildman–Crippen MR) is 86.7 cm³/mol. The largest absolute Gasteiger partial charge is 0.454 e. The molecular formula is C18H19NO4. The van der Waals surface area contributed by atoms with E-state index in [0.29, 0.717) is 19.4 Å². The molecule has 1 aliphatic rings. The molecule has 0 bridgehead atoms. The van der Waals surface area contributed by atoms with Crippen LogP contribution in [0.5, 0.6) is 11.5 Å². The Bertz CT molecular complexity index is 699. The lowest BCUT2D eigenvalue weighted by Crippen LogP contribution is -2.12. The molecule has 0 aliphatic carbocycles. The van der Waals surface area contributed by atoms with Gasteiger partial charge >= 0.3 is 0 Å². The third-order valence-corrected chi connectivity index (χ3v) is 3.60. The van der Waals surface area contributed by atoms with Crippen LogP contribution in [0.15, 0.2) is 42.5 Å². The second-order valence-corrected chi connectivity index (χ2v) is 5.37. The van der Waals surface area contributed by atoms with E-state index in [2.05, 4.69) is 5.32 Å². The first-order chi connectivity index (χ1) is 11.2. The van der Waals surface area contributed by atoms with Crippen LogP contribution < -0.4 is 14.8 Å². The van der Waals surface area contributed by atoms with E-state index in [9.17, 15) is 4.79 Å². The fourth-order valence-electron chi connectivity index (χ4n) is 2.48. The van der Waals surface area contributed by atoms with E-state index in [0.717, 1.165) is 28.3 Å². The minimum Gasteiger partial charge on any atom is -0.454 e. The van der Waals surface area contributed by atoms with Crippen LogP contribution in [0.4, 0.5) is 5.69 Å². The lowest BCUT2D eigenvalue weighted by Gasteiger charge is -2.07. The Hall–Kier alpha value is -2.53. The zero-order chi connectivity index (χ0) is 16.1. The van der Waals surface area contributed by atoms with Gasteiger partial charge in [-0.1, -0.05) is 18.2 Å². The van der Waals surface area contributed by atoms with Gasteiger partial charge in [0.25, 0.3) is 0 Å². The first-order valence-corrected chi connectivity index (χ1v) is 7.51. The molecule has 5 heteroatoms. The average molecular weight is 313 g/mol. The van der Waals surface area contributed by atoms with Crippen LogP contribution in [-0.2, 0) is 22.6 Å². The number of nitrogens with one attached hydrogen (secondary N) is 1. The molecule has 5 nitrogen and oxygen atoms in total. The summed E-state index contributed by atoms with van der Waals surface area (Å²) >= 11 is 0. The Morgan fingerprint density at radius 2 is 2.00 bits per heavy atom. The van der Waals surface area contributed by atoms with Gasteiger partial charge in [-0.15, -0.1) is 0 Å². The maximum Gasteiger partial charge on any atom is 0.231 e. The monoisotopic (exact) mass is 313 g/mol. The molecule has 3 rings (SSSR count). The molecule has 23 heavy (non-hydrogen) atoms. The molecule has 0 unspecified atom stereocenters. The summed E-state index contributed by atoms with van der Waals surface area (Å²) in [5.41, 5.74) is 2.87. The maximum atomic E-state index is 12.1. The average Bonchev–Trinajstić information content (AvgIpc) is 3.01.